The van der Waals surface area contributed by atoms with Crippen LogP contribution in [0.4, 0.5) is 8.78 Å². The number of hydrogen-bond donors (Lipinski definition) is 1. The predicted octanol–water partition coefficient (Wildman–Crippen LogP) is 6.51. The summed E-state index contributed by atoms with van der Waals surface area (Å²) in [6, 6.07) is 9.16. The van der Waals surface area contributed by atoms with Crippen molar-refractivity contribution < 1.29 is 13.3 Å². The van der Waals surface area contributed by atoms with Gasteiger partial charge in [-0.25, -0.2) is 23.5 Å². The first-order chi connectivity index (χ1) is 18.9. The topological polar surface area (TPSA) is 102 Å². The lowest BCUT2D eigenvalue weighted by Crippen LogP contribution is -2.20. The molecule has 1 fully saturated rings. The van der Waals surface area contributed by atoms with E-state index in [2.05, 4.69) is 31.6 Å². The summed E-state index contributed by atoms with van der Waals surface area (Å²) in [6.45, 7) is 2.77. The van der Waals surface area contributed by atoms with Crippen molar-refractivity contribution in [3.63, 3.8) is 0 Å². The van der Waals surface area contributed by atoms with E-state index in [1.54, 1.807) is 24.4 Å². The Balaban J connectivity index is 1.60. The monoisotopic (exact) mass is 550 g/mol. The van der Waals surface area contributed by atoms with Crippen LogP contribution in [0, 0.1) is 17.7 Å². The molecule has 1 aliphatic rings. The molecule has 200 valence electrons. The van der Waals surface area contributed by atoms with E-state index >= 15 is 4.39 Å². The number of nitrogens with one attached hydrogen (secondary N) is 1. The van der Waals surface area contributed by atoms with Gasteiger partial charge < -0.3 is 4.57 Å². The van der Waals surface area contributed by atoms with E-state index in [4.69, 9.17) is 16.6 Å². The molecule has 6 rings (SSSR count). The maximum atomic E-state index is 16.3. The van der Waals surface area contributed by atoms with E-state index in [9.17, 15) is 9.18 Å². The highest BCUT2D eigenvalue weighted by Crippen LogP contribution is 2.39. The molecule has 0 amide bonds. The summed E-state index contributed by atoms with van der Waals surface area (Å²) in [5, 5.41) is 4.12. The van der Waals surface area contributed by atoms with Crippen molar-refractivity contribution in [1.29, 1.82) is 0 Å². The number of aromatic amines is 1. The minimum Gasteiger partial charge on any atom is -0.338 e. The van der Waals surface area contributed by atoms with Gasteiger partial charge in [0.2, 0.25) is 11.6 Å². The predicted molar refractivity (Wildman–Crippen MR) is 142 cm³/mol. The fourth-order valence-corrected chi connectivity index (χ4v) is 5.55. The maximum absolute atomic E-state index is 16.3. The number of rotatable bonds is 6. The van der Waals surface area contributed by atoms with Crippen LogP contribution in [0.15, 0.2) is 58.1 Å². The largest absolute Gasteiger partial charge is 0.439 e. The molecule has 5 aromatic rings. The average molecular weight is 551 g/mol. The summed E-state index contributed by atoms with van der Waals surface area (Å²) >= 11 is 6.28. The molecule has 1 N–H and O–H groups in total. The van der Waals surface area contributed by atoms with Crippen LogP contribution < -0.4 is 5.76 Å². The van der Waals surface area contributed by atoms with Gasteiger partial charge in [0, 0.05) is 30.1 Å². The second-order valence-electron chi connectivity index (χ2n) is 10.2. The van der Waals surface area contributed by atoms with E-state index in [0.717, 1.165) is 25.7 Å². The number of benzene rings is 1. The SMILES string of the molecule is CC1CCC(Cn2c(C(F)c3ccccc3F)cc3nc(-c4noc(=O)[nH]4)nc(-c4cncc(Cl)c4)c32)CC1. The first kappa shape index (κ1) is 25.4. The molecule has 1 unspecified atom stereocenters. The van der Waals surface area contributed by atoms with E-state index in [1.165, 1.54) is 24.4 Å². The molecule has 8 nitrogen and oxygen atoms in total. The van der Waals surface area contributed by atoms with Gasteiger partial charge >= 0.3 is 5.76 Å². The van der Waals surface area contributed by atoms with Crippen LogP contribution in [0.5, 0.6) is 0 Å². The van der Waals surface area contributed by atoms with Crippen molar-refractivity contribution in [1.82, 2.24) is 29.7 Å². The van der Waals surface area contributed by atoms with Gasteiger partial charge in [0.15, 0.2) is 6.17 Å². The number of aromatic nitrogens is 6. The lowest BCUT2D eigenvalue weighted by atomic mass is 9.83. The minimum atomic E-state index is -1.75. The highest BCUT2D eigenvalue weighted by Gasteiger charge is 2.28. The first-order valence-corrected chi connectivity index (χ1v) is 13.2. The Bertz CT molecular complexity index is 1710. The van der Waals surface area contributed by atoms with Crippen molar-refractivity contribution in [2.45, 2.75) is 45.3 Å². The number of fused-ring (bicyclic) bond motifs is 1. The molecule has 1 atom stereocenters. The molecule has 0 saturated heterocycles. The molecule has 1 aromatic carbocycles. The normalized spacial score (nSPS) is 18.5. The number of halogens is 3. The summed E-state index contributed by atoms with van der Waals surface area (Å²) < 4.78 is 37.5. The van der Waals surface area contributed by atoms with Gasteiger partial charge in [0.25, 0.3) is 0 Å². The van der Waals surface area contributed by atoms with Crippen molar-refractivity contribution >= 4 is 22.6 Å². The highest BCUT2D eigenvalue weighted by atomic mass is 35.5. The minimum absolute atomic E-state index is 0.0274. The van der Waals surface area contributed by atoms with Gasteiger partial charge in [0.1, 0.15) is 11.5 Å². The second kappa shape index (κ2) is 10.3. The molecule has 0 aliphatic heterocycles. The van der Waals surface area contributed by atoms with Gasteiger partial charge in [-0.1, -0.05) is 54.7 Å². The van der Waals surface area contributed by atoms with Crippen LogP contribution in [0.3, 0.4) is 0 Å². The molecule has 0 bridgehead atoms. The molecule has 1 aliphatic carbocycles. The maximum Gasteiger partial charge on any atom is 0.439 e. The summed E-state index contributed by atoms with van der Waals surface area (Å²) in [4.78, 5) is 27.6. The standard InChI is InChI=1S/C28H25ClF2N6O2/c1-15-6-8-16(9-7-15)14-37-22(23(31)19-4-2-3-5-20(19)30)11-21-25(37)24(17-10-18(29)13-32-12-17)34-26(33-21)27-35-28(38)39-36-27/h2-5,10-13,15-16,23H,6-9,14H2,1H3,(H,35,36,38). The Kier molecular flexibility index (Phi) is 6.72. The molecule has 4 aromatic heterocycles. The molecule has 0 spiro atoms. The Labute approximate surface area is 227 Å². The quantitative estimate of drug-likeness (QED) is 0.258. The summed E-state index contributed by atoms with van der Waals surface area (Å²) in [6.07, 6.45) is 5.56. The molecule has 1 saturated carbocycles. The zero-order chi connectivity index (χ0) is 27.1. The molecular weight excluding hydrogens is 526 g/mol. The molecule has 4 heterocycles. The molecule has 39 heavy (non-hydrogen) atoms. The Morgan fingerprint density at radius 1 is 1.15 bits per heavy atom. The lowest BCUT2D eigenvalue weighted by Gasteiger charge is -2.28. The average Bonchev–Trinajstić information content (AvgIpc) is 3.53. The Morgan fingerprint density at radius 2 is 1.95 bits per heavy atom. The first-order valence-electron chi connectivity index (χ1n) is 12.8. The van der Waals surface area contributed by atoms with Crippen LogP contribution >= 0.6 is 11.6 Å². The molecular formula is C28H25ClF2N6O2. The number of H-pyrrole nitrogens is 1. The number of hydrogen-bond acceptors (Lipinski definition) is 6. The zero-order valence-corrected chi connectivity index (χ0v) is 21.8. The van der Waals surface area contributed by atoms with E-state index in [-0.39, 0.29) is 22.9 Å². The third-order valence-corrected chi connectivity index (χ3v) is 7.63. The Morgan fingerprint density at radius 3 is 2.67 bits per heavy atom. The van der Waals surface area contributed by atoms with Crippen molar-refractivity contribution in [2.24, 2.45) is 11.8 Å². The van der Waals surface area contributed by atoms with Crippen LogP contribution in [0.2, 0.25) is 5.02 Å². The van der Waals surface area contributed by atoms with Gasteiger partial charge in [-0.3, -0.25) is 14.5 Å². The number of nitrogens with zero attached hydrogens (tertiary/aromatic N) is 5. The third kappa shape index (κ3) is 4.96. The zero-order valence-electron chi connectivity index (χ0n) is 21.1. The van der Waals surface area contributed by atoms with Crippen molar-refractivity contribution in [2.75, 3.05) is 0 Å². The fraction of sp³-hybridized carbons (Fsp3) is 0.321. The van der Waals surface area contributed by atoms with Gasteiger partial charge in [-0.2, -0.15) is 0 Å². The van der Waals surface area contributed by atoms with E-state index < -0.39 is 17.7 Å². The van der Waals surface area contributed by atoms with Crippen LogP contribution in [-0.4, -0.2) is 29.7 Å². The van der Waals surface area contributed by atoms with Gasteiger partial charge in [-0.05, 0) is 42.9 Å². The smallest absolute Gasteiger partial charge is 0.338 e. The van der Waals surface area contributed by atoms with E-state index in [0.29, 0.717) is 45.7 Å². The van der Waals surface area contributed by atoms with Gasteiger partial charge in [0.05, 0.1) is 21.7 Å². The van der Waals surface area contributed by atoms with Crippen molar-refractivity contribution in [3.05, 3.63) is 81.4 Å². The lowest BCUT2D eigenvalue weighted by molar-refractivity contribution is 0.260. The fourth-order valence-electron chi connectivity index (χ4n) is 5.38. The van der Waals surface area contributed by atoms with Crippen LogP contribution in [-0.2, 0) is 6.54 Å². The number of alkyl halides is 1. The summed E-state index contributed by atoms with van der Waals surface area (Å²) in [5.41, 5.74) is 2.21. The second-order valence-corrected chi connectivity index (χ2v) is 10.6. The van der Waals surface area contributed by atoms with Crippen molar-refractivity contribution in [3.8, 4) is 22.9 Å². The molecule has 11 heteroatoms. The third-order valence-electron chi connectivity index (χ3n) is 7.42. The highest BCUT2D eigenvalue weighted by molar-refractivity contribution is 6.30. The van der Waals surface area contributed by atoms with Crippen LogP contribution in [0.1, 0.15) is 50.0 Å². The molecule has 0 radical (unpaired) electrons. The van der Waals surface area contributed by atoms with Crippen LogP contribution in [0.25, 0.3) is 33.9 Å². The van der Waals surface area contributed by atoms with E-state index in [1.807, 2.05) is 4.57 Å². The summed E-state index contributed by atoms with van der Waals surface area (Å²) in [7, 11) is 0. The Hall–Kier alpha value is -3.92. The number of pyridine rings is 1. The summed E-state index contributed by atoms with van der Waals surface area (Å²) in [5.74, 6) is -0.315. The van der Waals surface area contributed by atoms with Gasteiger partial charge in [-0.15, -0.1) is 0 Å².